The summed E-state index contributed by atoms with van der Waals surface area (Å²) >= 11 is 3.91. The highest BCUT2D eigenvalue weighted by molar-refractivity contribution is 9.09. The van der Waals surface area contributed by atoms with Crippen LogP contribution >= 0.6 is 15.9 Å². The van der Waals surface area contributed by atoms with Gasteiger partial charge in [0.2, 0.25) is 0 Å². The molecule has 0 radical (unpaired) electrons. The van der Waals surface area contributed by atoms with Crippen LogP contribution in [-0.4, -0.2) is 0 Å². The van der Waals surface area contributed by atoms with Gasteiger partial charge in [-0.25, -0.2) is 0 Å². The second-order valence-electron chi connectivity index (χ2n) is 6.05. The number of halogens is 1. The first kappa shape index (κ1) is 15.1. The van der Waals surface area contributed by atoms with Crippen molar-refractivity contribution in [3.05, 3.63) is 35.4 Å². The Balaban J connectivity index is 1.89. The van der Waals surface area contributed by atoms with Crippen molar-refractivity contribution in [2.75, 3.05) is 0 Å². The van der Waals surface area contributed by atoms with Gasteiger partial charge < -0.3 is 0 Å². The molecular formula is C18H27Br. The van der Waals surface area contributed by atoms with Crippen LogP contribution in [0.25, 0.3) is 0 Å². The average molecular weight is 323 g/mol. The fourth-order valence-corrected chi connectivity index (χ4v) is 4.04. The maximum Gasteiger partial charge on any atom is 0.0397 e. The van der Waals surface area contributed by atoms with Crippen molar-refractivity contribution < 1.29 is 0 Å². The van der Waals surface area contributed by atoms with Crippen molar-refractivity contribution in [2.24, 2.45) is 5.92 Å². The zero-order valence-corrected chi connectivity index (χ0v) is 13.8. The lowest BCUT2D eigenvalue weighted by molar-refractivity contribution is 0.427. The van der Waals surface area contributed by atoms with Crippen LogP contribution in [-0.2, 0) is 6.42 Å². The summed E-state index contributed by atoms with van der Waals surface area (Å²) in [6, 6.07) is 9.25. The van der Waals surface area contributed by atoms with Gasteiger partial charge in [0.05, 0.1) is 0 Å². The molecule has 0 aromatic heterocycles. The maximum atomic E-state index is 3.91. The molecule has 2 rings (SSSR count). The van der Waals surface area contributed by atoms with Crippen LogP contribution in [0.15, 0.2) is 24.3 Å². The predicted molar refractivity (Wildman–Crippen MR) is 87.9 cm³/mol. The lowest BCUT2D eigenvalue weighted by Crippen LogP contribution is -2.03. The van der Waals surface area contributed by atoms with Crippen molar-refractivity contribution in [3.63, 3.8) is 0 Å². The van der Waals surface area contributed by atoms with E-state index in [0.717, 1.165) is 5.92 Å². The molecule has 0 bridgehead atoms. The lowest BCUT2D eigenvalue weighted by atomic mass is 9.92. The molecule has 19 heavy (non-hydrogen) atoms. The van der Waals surface area contributed by atoms with Gasteiger partial charge in [0.15, 0.2) is 0 Å². The molecule has 0 N–H and O–H groups in total. The molecule has 1 atom stereocenters. The molecule has 1 unspecified atom stereocenters. The summed E-state index contributed by atoms with van der Waals surface area (Å²) in [5, 5.41) is 0. The first-order valence-electron chi connectivity index (χ1n) is 8.02. The molecule has 1 aliphatic rings. The molecule has 106 valence electrons. The van der Waals surface area contributed by atoms with Gasteiger partial charge in [-0.3, -0.25) is 0 Å². The quantitative estimate of drug-likeness (QED) is 0.432. The summed E-state index contributed by atoms with van der Waals surface area (Å²) in [5.41, 5.74) is 2.93. The number of aryl methyl sites for hydroxylation is 1. The average Bonchev–Trinajstić information content (AvgIpc) is 2.68. The maximum absolute atomic E-state index is 3.91. The third kappa shape index (κ3) is 4.95. The number of benzene rings is 1. The zero-order valence-electron chi connectivity index (χ0n) is 12.2. The van der Waals surface area contributed by atoms with E-state index in [1.165, 1.54) is 68.9 Å². The molecule has 0 saturated heterocycles. The van der Waals surface area contributed by atoms with Crippen LogP contribution in [0.3, 0.4) is 0 Å². The minimum absolute atomic E-state index is 0.547. The molecule has 1 heteroatoms. The molecule has 1 aliphatic carbocycles. The predicted octanol–water partition coefficient (Wildman–Crippen LogP) is 6.44. The minimum Gasteiger partial charge on any atom is -0.0839 e. The Kier molecular flexibility index (Phi) is 6.43. The van der Waals surface area contributed by atoms with Gasteiger partial charge in [-0.05, 0) is 29.9 Å². The first-order valence-corrected chi connectivity index (χ1v) is 8.94. The fourth-order valence-electron chi connectivity index (χ4n) is 3.21. The molecule has 0 nitrogen and oxygen atoms in total. The molecule has 0 spiro atoms. The Labute approximate surface area is 127 Å². The van der Waals surface area contributed by atoms with E-state index in [-0.39, 0.29) is 0 Å². The van der Waals surface area contributed by atoms with Gasteiger partial charge in [-0.1, -0.05) is 92.1 Å². The van der Waals surface area contributed by atoms with Crippen molar-refractivity contribution in [2.45, 2.75) is 69.5 Å². The second-order valence-corrected chi connectivity index (χ2v) is 7.16. The van der Waals surface area contributed by atoms with Crippen LogP contribution in [0.2, 0.25) is 0 Å². The van der Waals surface area contributed by atoms with Crippen molar-refractivity contribution >= 4 is 15.9 Å². The normalized spacial score (nSPS) is 19.1. The van der Waals surface area contributed by atoms with E-state index in [9.17, 15) is 0 Å². The van der Waals surface area contributed by atoms with Crippen LogP contribution in [0, 0.1) is 5.92 Å². The van der Waals surface area contributed by atoms with Gasteiger partial charge in [0, 0.05) is 4.83 Å². The van der Waals surface area contributed by atoms with E-state index < -0.39 is 0 Å². The Morgan fingerprint density at radius 1 is 1.05 bits per heavy atom. The van der Waals surface area contributed by atoms with Crippen molar-refractivity contribution in [1.29, 1.82) is 0 Å². The number of rotatable bonds is 5. The minimum atomic E-state index is 0.547. The molecule has 0 amide bonds. The first-order chi connectivity index (χ1) is 9.29. The summed E-state index contributed by atoms with van der Waals surface area (Å²) in [6.07, 6.45) is 12.4. The van der Waals surface area contributed by atoms with E-state index in [1.54, 1.807) is 0 Å². The fraction of sp³-hybridized carbons (Fsp3) is 0.667. The zero-order chi connectivity index (χ0) is 13.5. The Morgan fingerprint density at radius 3 is 2.26 bits per heavy atom. The van der Waals surface area contributed by atoms with Gasteiger partial charge in [0.25, 0.3) is 0 Å². The lowest BCUT2D eigenvalue weighted by Gasteiger charge is -2.18. The highest BCUT2D eigenvalue weighted by Gasteiger charge is 2.17. The van der Waals surface area contributed by atoms with Crippen molar-refractivity contribution in [1.82, 2.24) is 0 Å². The standard InChI is InChI=1S/C18H27Br/c1-2-7-15-10-12-17(13-11-15)18(19)14-16-8-5-3-4-6-9-16/h10-13,16,18H,2-9,14H2,1H3. The van der Waals surface area contributed by atoms with Gasteiger partial charge in [0.1, 0.15) is 0 Å². The number of alkyl halides is 1. The van der Waals surface area contributed by atoms with E-state index in [1.807, 2.05) is 0 Å². The topological polar surface area (TPSA) is 0 Å². The van der Waals surface area contributed by atoms with Gasteiger partial charge in [-0.15, -0.1) is 0 Å². The molecule has 0 aliphatic heterocycles. The van der Waals surface area contributed by atoms with Gasteiger partial charge in [-0.2, -0.15) is 0 Å². The molecular weight excluding hydrogens is 296 g/mol. The summed E-state index contributed by atoms with van der Waals surface area (Å²) in [7, 11) is 0. The summed E-state index contributed by atoms with van der Waals surface area (Å²) in [4.78, 5) is 0.547. The molecule has 0 heterocycles. The smallest absolute Gasteiger partial charge is 0.0397 e. The number of hydrogen-bond acceptors (Lipinski definition) is 0. The van der Waals surface area contributed by atoms with Crippen LogP contribution in [0.4, 0.5) is 0 Å². The summed E-state index contributed by atoms with van der Waals surface area (Å²) in [6.45, 7) is 2.24. The van der Waals surface area contributed by atoms with Gasteiger partial charge >= 0.3 is 0 Å². The van der Waals surface area contributed by atoms with Crippen LogP contribution < -0.4 is 0 Å². The van der Waals surface area contributed by atoms with Crippen LogP contribution in [0.5, 0.6) is 0 Å². The second kappa shape index (κ2) is 8.09. The van der Waals surface area contributed by atoms with E-state index in [0.29, 0.717) is 4.83 Å². The van der Waals surface area contributed by atoms with E-state index >= 15 is 0 Å². The van der Waals surface area contributed by atoms with Crippen molar-refractivity contribution in [3.8, 4) is 0 Å². The monoisotopic (exact) mass is 322 g/mol. The highest BCUT2D eigenvalue weighted by atomic mass is 79.9. The SMILES string of the molecule is CCCc1ccc(C(Br)CC2CCCCCC2)cc1. The summed E-state index contributed by atoms with van der Waals surface area (Å²) in [5.74, 6) is 0.933. The Morgan fingerprint density at radius 2 is 1.68 bits per heavy atom. The Hall–Kier alpha value is -0.300. The molecule has 1 saturated carbocycles. The molecule has 1 aromatic carbocycles. The molecule has 1 aromatic rings. The van der Waals surface area contributed by atoms with Crippen LogP contribution in [0.1, 0.15) is 74.2 Å². The number of hydrogen-bond donors (Lipinski definition) is 0. The Bertz CT molecular complexity index is 346. The third-order valence-corrected chi connectivity index (χ3v) is 5.30. The van der Waals surface area contributed by atoms with E-state index in [4.69, 9.17) is 0 Å². The largest absolute Gasteiger partial charge is 0.0839 e. The summed E-state index contributed by atoms with van der Waals surface area (Å²) < 4.78 is 0. The van der Waals surface area contributed by atoms with E-state index in [2.05, 4.69) is 47.1 Å². The molecule has 1 fully saturated rings. The highest BCUT2D eigenvalue weighted by Crippen LogP contribution is 2.35. The third-order valence-electron chi connectivity index (χ3n) is 4.40.